The summed E-state index contributed by atoms with van der Waals surface area (Å²) in [4.78, 5) is 0. The number of para-hydroxylation sites is 1. The molecule has 0 aliphatic carbocycles. The van der Waals surface area contributed by atoms with Crippen LogP contribution in [0.3, 0.4) is 0 Å². The second-order valence-electron chi connectivity index (χ2n) is 2.12. The molecule has 0 aliphatic heterocycles. The Bertz CT molecular complexity index is 233. The molecule has 0 atom stereocenters. The Morgan fingerprint density at radius 3 is 2.55 bits per heavy atom. The molecule has 0 amide bonds. The molecule has 1 aromatic rings. The van der Waals surface area contributed by atoms with Gasteiger partial charge in [0.2, 0.25) is 0 Å². The first-order valence-corrected chi connectivity index (χ1v) is 3.22. The third-order valence-corrected chi connectivity index (χ3v) is 1.36. The summed E-state index contributed by atoms with van der Waals surface area (Å²) in [6.45, 7) is 3.59. The Labute approximate surface area is 110 Å². The van der Waals surface area contributed by atoms with Crippen molar-refractivity contribution >= 4 is 51.4 Å². The third kappa shape index (κ3) is 3.54. The van der Waals surface area contributed by atoms with Gasteiger partial charge in [-0.25, -0.2) is 0 Å². The number of rotatable bonds is 2. The van der Waals surface area contributed by atoms with Gasteiger partial charge >= 0.3 is 0 Å². The molecule has 53 valence electrons. The number of phenolic OH excluding ortho intramolecular Hbond substituents is 1. The fourth-order valence-electron chi connectivity index (χ4n) is 0.839. The number of hydrogen-bond acceptors (Lipinski definition) is 1. The first kappa shape index (κ1) is 11.4. The van der Waals surface area contributed by atoms with E-state index in [1.807, 2.05) is 18.2 Å². The fraction of sp³-hybridized carbons (Fsp3) is 0.111. The van der Waals surface area contributed by atoms with Gasteiger partial charge in [0.05, 0.1) is 0 Å². The SMILES string of the molecule is C=CCc1ccccc1O.[K]. The van der Waals surface area contributed by atoms with Crippen molar-refractivity contribution in [2.45, 2.75) is 6.42 Å². The molecule has 0 aliphatic rings. The summed E-state index contributed by atoms with van der Waals surface area (Å²) in [5.74, 6) is 0.349. The largest absolute Gasteiger partial charge is 0.508 e. The summed E-state index contributed by atoms with van der Waals surface area (Å²) in [6.07, 6.45) is 2.50. The van der Waals surface area contributed by atoms with Crippen molar-refractivity contribution in [1.82, 2.24) is 0 Å². The average molecular weight is 173 g/mol. The van der Waals surface area contributed by atoms with Gasteiger partial charge < -0.3 is 5.11 Å². The van der Waals surface area contributed by atoms with Gasteiger partial charge in [0.25, 0.3) is 0 Å². The first-order valence-electron chi connectivity index (χ1n) is 3.22. The van der Waals surface area contributed by atoms with Gasteiger partial charge in [-0.2, -0.15) is 0 Å². The Morgan fingerprint density at radius 1 is 1.36 bits per heavy atom. The standard InChI is InChI=1S/C9H10O.K/c1-2-5-8-6-3-4-7-9(8)10;/h2-4,6-7,10H,1,5H2;. The van der Waals surface area contributed by atoms with E-state index in [4.69, 9.17) is 0 Å². The van der Waals surface area contributed by atoms with Gasteiger partial charge in [-0.1, -0.05) is 24.3 Å². The molecule has 11 heavy (non-hydrogen) atoms. The van der Waals surface area contributed by atoms with E-state index < -0.39 is 0 Å². The number of phenols is 1. The normalized spacial score (nSPS) is 8.36. The topological polar surface area (TPSA) is 20.2 Å². The van der Waals surface area contributed by atoms with Crippen LogP contribution in [0.4, 0.5) is 0 Å². The minimum absolute atomic E-state index is 0. The molecule has 0 bridgehead atoms. The van der Waals surface area contributed by atoms with Crippen LogP contribution in [-0.4, -0.2) is 56.5 Å². The van der Waals surface area contributed by atoms with E-state index in [0.29, 0.717) is 5.75 Å². The van der Waals surface area contributed by atoms with Crippen molar-refractivity contribution in [2.24, 2.45) is 0 Å². The molecule has 1 rings (SSSR count). The minimum atomic E-state index is 0. The predicted molar refractivity (Wildman–Crippen MR) is 47.8 cm³/mol. The van der Waals surface area contributed by atoms with Crippen molar-refractivity contribution in [3.05, 3.63) is 42.5 Å². The Hall–Kier alpha value is 0.396. The van der Waals surface area contributed by atoms with E-state index in [9.17, 15) is 5.11 Å². The summed E-state index contributed by atoms with van der Waals surface area (Å²) >= 11 is 0. The summed E-state index contributed by atoms with van der Waals surface area (Å²) < 4.78 is 0. The molecule has 0 saturated carbocycles. The molecular formula is C9H10KO. The Balaban J connectivity index is 0.000001000. The molecule has 0 heterocycles. The molecule has 1 aromatic carbocycles. The van der Waals surface area contributed by atoms with Crippen LogP contribution in [0, 0.1) is 0 Å². The minimum Gasteiger partial charge on any atom is -0.508 e. The second-order valence-corrected chi connectivity index (χ2v) is 2.12. The zero-order valence-electron chi connectivity index (χ0n) is 6.75. The van der Waals surface area contributed by atoms with Crippen molar-refractivity contribution in [2.75, 3.05) is 0 Å². The average Bonchev–Trinajstić information content (AvgIpc) is 1.94. The smallest absolute Gasteiger partial charge is 0.119 e. The molecule has 2 heteroatoms. The first-order chi connectivity index (χ1) is 4.84. The monoisotopic (exact) mass is 173 g/mol. The van der Waals surface area contributed by atoms with E-state index >= 15 is 0 Å². The van der Waals surface area contributed by atoms with E-state index in [2.05, 4.69) is 6.58 Å². The van der Waals surface area contributed by atoms with Gasteiger partial charge in [-0.05, 0) is 18.1 Å². The second kappa shape index (κ2) is 5.97. The number of hydrogen-bond donors (Lipinski definition) is 1. The van der Waals surface area contributed by atoms with Crippen molar-refractivity contribution < 1.29 is 5.11 Å². The van der Waals surface area contributed by atoms with Crippen LogP contribution >= 0.6 is 0 Å². The number of allylic oxidation sites excluding steroid dienone is 1. The molecule has 0 saturated heterocycles. The van der Waals surface area contributed by atoms with Crippen molar-refractivity contribution in [1.29, 1.82) is 0 Å². The molecule has 1 N–H and O–H groups in total. The van der Waals surface area contributed by atoms with Crippen molar-refractivity contribution in [3.63, 3.8) is 0 Å². The molecule has 0 fully saturated rings. The van der Waals surface area contributed by atoms with Crippen molar-refractivity contribution in [3.8, 4) is 5.75 Å². The molecule has 1 nitrogen and oxygen atoms in total. The van der Waals surface area contributed by atoms with Gasteiger partial charge in [0.1, 0.15) is 5.75 Å². The van der Waals surface area contributed by atoms with Crippen LogP contribution in [0.25, 0.3) is 0 Å². The van der Waals surface area contributed by atoms with Crippen LogP contribution < -0.4 is 0 Å². The molecule has 1 radical (unpaired) electrons. The molecule has 0 unspecified atom stereocenters. The Morgan fingerprint density at radius 2 is 2.00 bits per heavy atom. The van der Waals surface area contributed by atoms with Gasteiger partial charge in [-0.3, -0.25) is 0 Å². The summed E-state index contributed by atoms with van der Waals surface area (Å²) in [7, 11) is 0. The maximum atomic E-state index is 9.19. The van der Waals surface area contributed by atoms with Gasteiger partial charge in [0.15, 0.2) is 0 Å². The number of benzene rings is 1. The third-order valence-electron chi connectivity index (χ3n) is 1.36. The zero-order valence-corrected chi connectivity index (χ0v) is 9.87. The maximum absolute atomic E-state index is 9.19. The van der Waals surface area contributed by atoms with E-state index in [-0.39, 0.29) is 51.4 Å². The fourth-order valence-corrected chi connectivity index (χ4v) is 0.839. The van der Waals surface area contributed by atoms with Gasteiger partial charge in [-0.15, -0.1) is 6.58 Å². The van der Waals surface area contributed by atoms with E-state index in [1.54, 1.807) is 12.1 Å². The summed E-state index contributed by atoms with van der Waals surface area (Å²) in [5, 5.41) is 9.19. The maximum Gasteiger partial charge on any atom is 0.119 e. The summed E-state index contributed by atoms with van der Waals surface area (Å²) in [6, 6.07) is 7.27. The predicted octanol–water partition coefficient (Wildman–Crippen LogP) is 1.74. The Kier molecular flexibility index (Phi) is 6.19. The van der Waals surface area contributed by atoms with E-state index in [0.717, 1.165) is 12.0 Å². The van der Waals surface area contributed by atoms with Crippen LogP contribution in [0.5, 0.6) is 5.75 Å². The zero-order chi connectivity index (χ0) is 7.40. The van der Waals surface area contributed by atoms with Crippen LogP contribution in [-0.2, 0) is 6.42 Å². The van der Waals surface area contributed by atoms with Crippen LogP contribution in [0.1, 0.15) is 5.56 Å². The van der Waals surface area contributed by atoms with Crippen LogP contribution in [0.2, 0.25) is 0 Å². The molecular weight excluding hydrogens is 163 g/mol. The van der Waals surface area contributed by atoms with Gasteiger partial charge in [0, 0.05) is 51.4 Å². The van der Waals surface area contributed by atoms with Crippen LogP contribution in [0.15, 0.2) is 36.9 Å². The quantitative estimate of drug-likeness (QED) is 0.533. The summed E-state index contributed by atoms with van der Waals surface area (Å²) in [5.41, 5.74) is 0.928. The van der Waals surface area contributed by atoms with E-state index in [1.165, 1.54) is 0 Å². The number of aromatic hydroxyl groups is 1. The molecule has 0 spiro atoms. The molecule has 0 aromatic heterocycles.